The van der Waals surface area contributed by atoms with E-state index in [0.717, 1.165) is 0 Å². The van der Waals surface area contributed by atoms with E-state index in [2.05, 4.69) is 0 Å². The van der Waals surface area contributed by atoms with Gasteiger partial charge < -0.3 is 14.2 Å². The second kappa shape index (κ2) is 6.28. The summed E-state index contributed by atoms with van der Waals surface area (Å²) in [5.41, 5.74) is -0.561. The minimum absolute atomic E-state index is 0.0457. The van der Waals surface area contributed by atoms with Crippen LogP contribution < -0.4 is 0 Å². The van der Waals surface area contributed by atoms with E-state index < -0.39 is 23.1 Å². The average molecular weight is 298 g/mol. The molecule has 1 saturated heterocycles. The third-order valence-electron chi connectivity index (χ3n) is 3.23. The molecule has 0 N–H and O–H groups in total. The number of carbonyl (C=O) groups is 2. The van der Waals surface area contributed by atoms with Crippen LogP contribution in [0.5, 0.6) is 0 Å². The smallest absolute Gasteiger partial charge is 0.341 e. The third-order valence-corrected chi connectivity index (χ3v) is 3.23. The van der Waals surface area contributed by atoms with E-state index in [0.29, 0.717) is 18.8 Å². The van der Waals surface area contributed by atoms with E-state index in [1.54, 1.807) is 20.8 Å². The molecule has 0 amide bonds. The fraction of sp³-hybridized carbons (Fsp3) is 0.750. The summed E-state index contributed by atoms with van der Waals surface area (Å²) in [5, 5.41) is 0. The molecule has 1 rings (SSSR count). The number of ketones is 1. The Morgan fingerprint density at radius 1 is 0.952 bits per heavy atom. The first kappa shape index (κ1) is 17.9. The lowest BCUT2D eigenvalue weighted by molar-refractivity contribution is -0.139. The molecule has 1 fully saturated rings. The van der Waals surface area contributed by atoms with Crippen LogP contribution in [0.1, 0.15) is 41.5 Å². The van der Waals surface area contributed by atoms with Crippen LogP contribution in [-0.2, 0) is 23.8 Å². The highest BCUT2D eigenvalue weighted by Gasteiger charge is 2.40. The number of carbonyl (C=O) groups excluding carboxylic acids is 2. The van der Waals surface area contributed by atoms with Crippen molar-refractivity contribution in [3.8, 4) is 0 Å². The number of Topliss-reactive ketones (excluding diaryl/α,β-unsaturated/α-hetero) is 1. The SMILES string of the molecule is COC(=O)/C(C(=O)C(C)(C)C)=C(/C1OCCO1)C(C)(C)C. The van der Waals surface area contributed by atoms with Gasteiger partial charge >= 0.3 is 5.97 Å². The van der Waals surface area contributed by atoms with Crippen molar-refractivity contribution >= 4 is 11.8 Å². The van der Waals surface area contributed by atoms with Gasteiger partial charge in [0.2, 0.25) is 0 Å². The lowest BCUT2D eigenvalue weighted by Crippen LogP contribution is -2.34. The van der Waals surface area contributed by atoms with E-state index >= 15 is 0 Å². The summed E-state index contributed by atoms with van der Waals surface area (Å²) in [7, 11) is 1.27. The van der Waals surface area contributed by atoms with E-state index in [-0.39, 0.29) is 11.4 Å². The van der Waals surface area contributed by atoms with Crippen molar-refractivity contribution < 1.29 is 23.8 Å². The predicted octanol–water partition coefficient (Wildman–Crippen LogP) is 2.49. The van der Waals surface area contributed by atoms with Crippen molar-refractivity contribution in [1.29, 1.82) is 0 Å². The maximum atomic E-state index is 12.7. The monoisotopic (exact) mass is 298 g/mol. The zero-order chi connectivity index (χ0) is 16.4. The van der Waals surface area contributed by atoms with Crippen LogP contribution in [0.4, 0.5) is 0 Å². The summed E-state index contributed by atoms with van der Waals surface area (Å²) in [6, 6.07) is 0. The Balaban J connectivity index is 3.52. The molecule has 0 aliphatic carbocycles. The van der Waals surface area contributed by atoms with E-state index in [9.17, 15) is 9.59 Å². The highest BCUT2D eigenvalue weighted by molar-refractivity contribution is 6.19. The lowest BCUT2D eigenvalue weighted by atomic mass is 9.77. The summed E-state index contributed by atoms with van der Waals surface area (Å²) < 4.78 is 15.9. The second-order valence-corrected chi connectivity index (χ2v) is 7.18. The van der Waals surface area contributed by atoms with Crippen molar-refractivity contribution in [1.82, 2.24) is 0 Å². The quantitative estimate of drug-likeness (QED) is 0.347. The molecule has 1 aliphatic rings. The Hall–Kier alpha value is -1.20. The molecule has 1 heterocycles. The van der Waals surface area contributed by atoms with Crippen LogP contribution >= 0.6 is 0 Å². The Morgan fingerprint density at radius 3 is 1.76 bits per heavy atom. The molecule has 0 unspecified atom stereocenters. The molecule has 0 aromatic heterocycles. The van der Waals surface area contributed by atoms with Gasteiger partial charge in [0.1, 0.15) is 5.57 Å². The average Bonchev–Trinajstić information content (AvgIpc) is 2.84. The zero-order valence-electron chi connectivity index (χ0n) is 14.0. The van der Waals surface area contributed by atoms with Crippen LogP contribution in [0.2, 0.25) is 0 Å². The second-order valence-electron chi connectivity index (χ2n) is 7.18. The molecular formula is C16H26O5. The minimum atomic E-state index is -0.696. The minimum Gasteiger partial charge on any atom is -0.465 e. The van der Waals surface area contributed by atoms with Crippen molar-refractivity contribution in [2.24, 2.45) is 10.8 Å². The molecule has 5 nitrogen and oxygen atoms in total. The van der Waals surface area contributed by atoms with Crippen LogP contribution in [0.25, 0.3) is 0 Å². The van der Waals surface area contributed by atoms with Gasteiger partial charge in [0.15, 0.2) is 12.1 Å². The van der Waals surface area contributed by atoms with Crippen molar-refractivity contribution in [3.05, 3.63) is 11.1 Å². The number of esters is 1. The van der Waals surface area contributed by atoms with E-state index in [4.69, 9.17) is 14.2 Å². The summed E-state index contributed by atoms with van der Waals surface area (Å²) in [6.45, 7) is 12.0. The first-order valence-electron chi connectivity index (χ1n) is 7.11. The van der Waals surface area contributed by atoms with Gasteiger partial charge in [-0.2, -0.15) is 0 Å². The molecule has 0 radical (unpaired) electrons. The Labute approximate surface area is 126 Å². The topological polar surface area (TPSA) is 61.8 Å². The fourth-order valence-corrected chi connectivity index (χ4v) is 2.17. The Kier molecular flexibility index (Phi) is 5.34. The van der Waals surface area contributed by atoms with Crippen molar-refractivity contribution in [2.45, 2.75) is 47.8 Å². The predicted molar refractivity (Wildman–Crippen MR) is 78.7 cm³/mol. The van der Waals surface area contributed by atoms with Gasteiger partial charge in [0.05, 0.1) is 20.3 Å². The number of methoxy groups -OCH3 is 1. The number of ether oxygens (including phenoxy) is 3. The lowest BCUT2D eigenvalue weighted by Gasteiger charge is -2.30. The Bertz CT molecular complexity index is 442. The molecule has 21 heavy (non-hydrogen) atoms. The standard InChI is InChI=1S/C16H26O5/c1-15(2,3)11(14-20-8-9-21-14)10(13(18)19-7)12(17)16(4,5)6/h14H,8-9H2,1-7H3/b11-10-. The maximum Gasteiger partial charge on any atom is 0.341 e. The first-order chi connectivity index (χ1) is 9.50. The zero-order valence-corrected chi connectivity index (χ0v) is 14.0. The molecule has 0 aromatic rings. The van der Waals surface area contributed by atoms with Crippen LogP contribution in [0, 0.1) is 10.8 Å². The van der Waals surface area contributed by atoms with E-state index in [1.807, 2.05) is 20.8 Å². The molecule has 1 aliphatic heterocycles. The van der Waals surface area contributed by atoms with Gasteiger partial charge in [0.25, 0.3) is 0 Å². The molecule has 0 atom stereocenters. The van der Waals surface area contributed by atoms with Gasteiger partial charge in [-0.15, -0.1) is 0 Å². The molecule has 0 aromatic carbocycles. The van der Waals surface area contributed by atoms with E-state index in [1.165, 1.54) is 7.11 Å². The summed E-state index contributed by atoms with van der Waals surface area (Å²) in [6.07, 6.45) is -0.676. The van der Waals surface area contributed by atoms with Gasteiger partial charge in [-0.1, -0.05) is 41.5 Å². The van der Waals surface area contributed by atoms with Crippen LogP contribution in [0.15, 0.2) is 11.1 Å². The molecular weight excluding hydrogens is 272 g/mol. The van der Waals surface area contributed by atoms with Gasteiger partial charge in [-0.25, -0.2) is 4.79 Å². The molecule has 0 saturated carbocycles. The molecule has 5 heteroatoms. The first-order valence-corrected chi connectivity index (χ1v) is 7.11. The molecule has 0 bridgehead atoms. The third kappa shape index (κ3) is 4.14. The van der Waals surface area contributed by atoms with Gasteiger partial charge in [-0.3, -0.25) is 4.79 Å². The van der Waals surface area contributed by atoms with Gasteiger partial charge in [0, 0.05) is 11.0 Å². The summed E-state index contributed by atoms with van der Waals surface area (Å²) >= 11 is 0. The van der Waals surface area contributed by atoms with Crippen molar-refractivity contribution in [2.75, 3.05) is 20.3 Å². The molecule has 120 valence electrons. The maximum absolute atomic E-state index is 12.7. The largest absolute Gasteiger partial charge is 0.465 e. The number of rotatable bonds is 3. The fourth-order valence-electron chi connectivity index (χ4n) is 2.17. The van der Waals surface area contributed by atoms with Crippen LogP contribution in [0.3, 0.4) is 0 Å². The number of hydrogen-bond acceptors (Lipinski definition) is 5. The molecule has 0 spiro atoms. The normalized spacial score (nSPS) is 18.4. The van der Waals surface area contributed by atoms with Crippen molar-refractivity contribution in [3.63, 3.8) is 0 Å². The summed E-state index contributed by atoms with van der Waals surface area (Å²) in [4.78, 5) is 25.0. The number of hydrogen-bond donors (Lipinski definition) is 0. The highest BCUT2D eigenvalue weighted by atomic mass is 16.7. The van der Waals surface area contributed by atoms with Gasteiger partial charge in [-0.05, 0) is 5.41 Å². The highest BCUT2D eigenvalue weighted by Crippen LogP contribution is 2.37. The summed E-state index contributed by atoms with van der Waals surface area (Å²) in [5.74, 6) is -0.905. The Morgan fingerprint density at radius 2 is 1.43 bits per heavy atom. The van der Waals surface area contributed by atoms with Crippen LogP contribution in [-0.4, -0.2) is 38.4 Å².